The third-order valence-electron chi connectivity index (χ3n) is 1.71. The summed E-state index contributed by atoms with van der Waals surface area (Å²) in [7, 11) is 0. The van der Waals surface area contributed by atoms with Gasteiger partial charge in [-0.1, -0.05) is 6.07 Å². The van der Waals surface area contributed by atoms with Gasteiger partial charge in [0.2, 0.25) is 0 Å². The van der Waals surface area contributed by atoms with Gasteiger partial charge in [-0.05, 0) is 35.2 Å². The summed E-state index contributed by atoms with van der Waals surface area (Å²) in [6.45, 7) is 0. The van der Waals surface area contributed by atoms with E-state index in [1.54, 1.807) is 17.4 Å². The summed E-state index contributed by atoms with van der Waals surface area (Å²) in [5.41, 5.74) is 0.593. The number of hydrogen-bond donors (Lipinski definition) is 0. The summed E-state index contributed by atoms with van der Waals surface area (Å²) in [5, 5.41) is 2.51. The van der Waals surface area contributed by atoms with Crippen LogP contribution in [0.25, 0.3) is 10.1 Å². The number of halogens is 1. The molecule has 0 atom stereocenters. The summed E-state index contributed by atoms with van der Waals surface area (Å²) in [5.74, 6) is 0. The van der Waals surface area contributed by atoms with Crippen LogP contribution in [-0.2, 0) is 0 Å². The topological polar surface area (TPSA) is 17.1 Å². The predicted molar refractivity (Wildman–Crippen MR) is 52.0 cm³/mol. The number of benzene rings is 1. The Bertz CT molecular complexity index is 433. The summed E-state index contributed by atoms with van der Waals surface area (Å²) < 4.78 is 1.10. The maximum Gasteiger partial charge on any atom is 0.253 e. The second-order valence-corrected chi connectivity index (χ2v) is 3.70. The van der Waals surface area contributed by atoms with Crippen LogP contribution in [0, 0.1) is 0 Å². The fourth-order valence-corrected chi connectivity index (χ4v) is 2.14. The molecule has 0 saturated heterocycles. The lowest BCUT2D eigenvalue weighted by Gasteiger charge is -1.94. The molecule has 0 N–H and O–H groups in total. The minimum Gasteiger partial charge on any atom is -0.276 e. The molecule has 2 aromatic rings. The molecule has 0 amide bonds. The van der Waals surface area contributed by atoms with E-state index in [0.29, 0.717) is 5.56 Å². The maximum atomic E-state index is 10.9. The summed E-state index contributed by atoms with van der Waals surface area (Å²) in [4.78, 5) is 10.9. The molecule has 1 heterocycles. The molecule has 1 aromatic heterocycles. The lowest BCUT2D eigenvalue weighted by Crippen LogP contribution is -1.87. The predicted octanol–water partition coefficient (Wildman–Crippen LogP) is 3.28. The Hall–Kier alpha value is -0.860. The van der Waals surface area contributed by atoms with E-state index in [1.807, 2.05) is 23.6 Å². The molecule has 0 saturated carbocycles. The van der Waals surface area contributed by atoms with E-state index in [2.05, 4.69) is 0 Å². The zero-order valence-corrected chi connectivity index (χ0v) is 7.65. The summed E-state index contributed by atoms with van der Waals surface area (Å²) in [6, 6.07) is 7.47. The van der Waals surface area contributed by atoms with E-state index >= 15 is 0 Å². The molecule has 0 bridgehead atoms. The molecule has 0 aliphatic carbocycles. The van der Waals surface area contributed by atoms with Crippen molar-refractivity contribution < 1.29 is 4.79 Å². The molecular weight excluding hydrogens is 192 g/mol. The third-order valence-corrected chi connectivity index (χ3v) is 2.79. The van der Waals surface area contributed by atoms with Gasteiger partial charge in [0.15, 0.2) is 0 Å². The first-order valence-electron chi connectivity index (χ1n) is 3.45. The Morgan fingerprint density at radius 2 is 2.17 bits per heavy atom. The normalized spacial score (nSPS) is 10.4. The Labute approximate surface area is 78.6 Å². The van der Waals surface area contributed by atoms with Crippen LogP contribution in [0.2, 0.25) is 0 Å². The van der Waals surface area contributed by atoms with Gasteiger partial charge in [-0.25, -0.2) is 0 Å². The molecule has 1 nitrogen and oxygen atoms in total. The highest BCUT2D eigenvalue weighted by Crippen LogP contribution is 2.24. The molecule has 12 heavy (non-hydrogen) atoms. The van der Waals surface area contributed by atoms with Gasteiger partial charge >= 0.3 is 0 Å². The molecule has 3 heteroatoms. The lowest BCUT2D eigenvalue weighted by atomic mass is 10.1. The number of carbonyl (C=O) groups is 1. The van der Waals surface area contributed by atoms with Crippen LogP contribution in [0.5, 0.6) is 0 Å². The van der Waals surface area contributed by atoms with Crippen molar-refractivity contribution in [2.45, 2.75) is 0 Å². The van der Waals surface area contributed by atoms with Crippen LogP contribution < -0.4 is 0 Å². The van der Waals surface area contributed by atoms with E-state index in [1.165, 1.54) is 0 Å². The number of rotatable bonds is 1. The van der Waals surface area contributed by atoms with Crippen molar-refractivity contribution in [3.63, 3.8) is 0 Å². The molecule has 0 aliphatic heterocycles. The molecular formula is C9H5ClOS. The van der Waals surface area contributed by atoms with Gasteiger partial charge in [0.1, 0.15) is 0 Å². The van der Waals surface area contributed by atoms with E-state index < -0.39 is 0 Å². The second-order valence-electron chi connectivity index (χ2n) is 2.41. The Kier molecular flexibility index (Phi) is 1.87. The quantitative estimate of drug-likeness (QED) is 0.640. The first-order valence-corrected chi connectivity index (χ1v) is 4.71. The maximum absolute atomic E-state index is 10.9. The number of hydrogen-bond acceptors (Lipinski definition) is 2. The van der Waals surface area contributed by atoms with Gasteiger partial charge in [0, 0.05) is 15.6 Å². The zero-order valence-electron chi connectivity index (χ0n) is 6.08. The highest BCUT2D eigenvalue weighted by Gasteiger charge is 2.06. The summed E-state index contributed by atoms with van der Waals surface area (Å²) >= 11 is 7.01. The van der Waals surface area contributed by atoms with E-state index in [9.17, 15) is 4.79 Å². The molecule has 0 fully saturated rings. The van der Waals surface area contributed by atoms with Crippen molar-refractivity contribution in [1.29, 1.82) is 0 Å². The van der Waals surface area contributed by atoms with Crippen LogP contribution in [0.3, 0.4) is 0 Å². The fraction of sp³-hybridized carbons (Fsp3) is 0. The standard InChI is InChI=1S/C9H5ClOS/c10-9(11)7-2-1-3-8-6(7)4-5-12-8/h1-5H. The molecule has 0 spiro atoms. The van der Waals surface area contributed by atoms with Crippen LogP contribution in [0.1, 0.15) is 10.4 Å². The van der Waals surface area contributed by atoms with Gasteiger partial charge in [0.05, 0.1) is 0 Å². The molecule has 0 aliphatic rings. The smallest absolute Gasteiger partial charge is 0.253 e. The van der Waals surface area contributed by atoms with Gasteiger partial charge in [-0.15, -0.1) is 11.3 Å². The SMILES string of the molecule is O=C(Cl)c1cccc2sccc12. The molecule has 1 aromatic carbocycles. The van der Waals surface area contributed by atoms with Crippen LogP contribution in [-0.4, -0.2) is 5.24 Å². The number of carbonyl (C=O) groups excluding carboxylic acids is 1. The van der Waals surface area contributed by atoms with Crippen molar-refractivity contribution in [3.05, 3.63) is 35.2 Å². The molecule has 0 unspecified atom stereocenters. The summed E-state index contributed by atoms with van der Waals surface area (Å²) in [6.07, 6.45) is 0. The molecule has 0 radical (unpaired) electrons. The minimum absolute atomic E-state index is 0.390. The lowest BCUT2D eigenvalue weighted by molar-refractivity contribution is 0.108. The monoisotopic (exact) mass is 196 g/mol. The van der Waals surface area contributed by atoms with Crippen LogP contribution >= 0.6 is 22.9 Å². The molecule has 2 rings (SSSR count). The van der Waals surface area contributed by atoms with E-state index in [-0.39, 0.29) is 5.24 Å². The van der Waals surface area contributed by atoms with Crippen LogP contribution in [0.15, 0.2) is 29.6 Å². The van der Waals surface area contributed by atoms with E-state index in [4.69, 9.17) is 11.6 Å². The van der Waals surface area contributed by atoms with Crippen molar-refractivity contribution in [1.82, 2.24) is 0 Å². The van der Waals surface area contributed by atoms with E-state index in [0.717, 1.165) is 10.1 Å². The number of thiophene rings is 1. The Morgan fingerprint density at radius 3 is 2.92 bits per heavy atom. The average molecular weight is 197 g/mol. The Balaban J connectivity index is 2.82. The zero-order chi connectivity index (χ0) is 8.55. The first kappa shape index (κ1) is 7.77. The second kappa shape index (κ2) is 2.88. The van der Waals surface area contributed by atoms with Gasteiger partial charge < -0.3 is 0 Å². The highest BCUT2D eigenvalue weighted by molar-refractivity contribution is 7.17. The fourth-order valence-electron chi connectivity index (χ4n) is 1.17. The van der Waals surface area contributed by atoms with Crippen molar-refractivity contribution in [3.8, 4) is 0 Å². The van der Waals surface area contributed by atoms with Gasteiger partial charge in [0.25, 0.3) is 5.24 Å². The Morgan fingerprint density at radius 1 is 1.33 bits per heavy atom. The van der Waals surface area contributed by atoms with Crippen LogP contribution in [0.4, 0.5) is 0 Å². The first-order chi connectivity index (χ1) is 5.79. The molecule has 60 valence electrons. The van der Waals surface area contributed by atoms with Crippen molar-refractivity contribution >= 4 is 38.3 Å². The largest absolute Gasteiger partial charge is 0.276 e. The minimum atomic E-state index is -0.390. The third kappa shape index (κ3) is 1.13. The average Bonchev–Trinajstić information content (AvgIpc) is 2.49. The van der Waals surface area contributed by atoms with Crippen molar-refractivity contribution in [2.75, 3.05) is 0 Å². The van der Waals surface area contributed by atoms with Gasteiger partial charge in [-0.3, -0.25) is 4.79 Å². The van der Waals surface area contributed by atoms with Gasteiger partial charge in [-0.2, -0.15) is 0 Å². The van der Waals surface area contributed by atoms with Crippen molar-refractivity contribution in [2.24, 2.45) is 0 Å². The highest BCUT2D eigenvalue weighted by atomic mass is 35.5. The number of fused-ring (bicyclic) bond motifs is 1.